The zero-order valence-electron chi connectivity index (χ0n) is 14.8. The summed E-state index contributed by atoms with van der Waals surface area (Å²) in [5.74, 6) is 0.694. The molecule has 2 heterocycles. The van der Waals surface area contributed by atoms with Gasteiger partial charge in [-0.05, 0) is 84.3 Å². The van der Waals surface area contributed by atoms with Crippen molar-refractivity contribution in [1.82, 2.24) is 4.68 Å². The summed E-state index contributed by atoms with van der Waals surface area (Å²) in [4.78, 5) is 13.5. The first-order chi connectivity index (χ1) is 12.4. The lowest BCUT2D eigenvalue weighted by atomic mass is 10.2. The van der Waals surface area contributed by atoms with Gasteiger partial charge in [-0.2, -0.15) is 5.01 Å². The highest BCUT2D eigenvalue weighted by molar-refractivity contribution is 9.10. The van der Waals surface area contributed by atoms with Gasteiger partial charge >= 0.3 is 0 Å². The molecule has 0 unspecified atom stereocenters. The van der Waals surface area contributed by atoms with E-state index in [1.54, 1.807) is 5.01 Å². The maximum absolute atomic E-state index is 12.9. The minimum Gasteiger partial charge on any atom is -0.492 e. The standard InChI is InChI=1S/C19H19BrN2O2S2/c1-4-9-24-16-8-7-14(10-15(16)20)11-17-18(23)22(19(25)26-17)21-12(2)5-6-13(21)3/h5-8,10-11H,4,9H2,1-3H3/b17-11-. The number of aryl methyl sites for hydroxylation is 2. The van der Waals surface area contributed by atoms with Crippen LogP contribution in [0, 0.1) is 13.8 Å². The van der Waals surface area contributed by atoms with Gasteiger partial charge in [-0.1, -0.05) is 24.8 Å². The van der Waals surface area contributed by atoms with E-state index in [1.165, 1.54) is 11.8 Å². The Morgan fingerprint density at radius 1 is 1.23 bits per heavy atom. The third-order valence-electron chi connectivity index (χ3n) is 3.92. The number of carbonyl (C=O) groups is 1. The summed E-state index contributed by atoms with van der Waals surface area (Å²) in [5, 5.41) is 1.56. The van der Waals surface area contributed by atoms with Crippen LogP contribution in [0.3, 0.4) is 0 Å². The lowest BCUT2D eigenvalue weighted by molar-refractivity contribution is -0.114. The molecule has 1 aromatic carbocycles. The Balaban J connectivity index is 1.88. The summed E-state index contributed by atoms with van der Waals surface area (Å²) < 4.78 is 8.93. The van der Waals surface area contributed by atoms with E-state index >= 15 is 0 Å². The second-order valence-electron chi connectivity index (χ2n) is 5.96. The van der Waals surface area contributed by atoms with Gasteiger partial charge in [0.2, 0.25) is 0 Å². The fraction of sp³-hybridized carbons (Fsp3) is 0.263. The molecule has 0 saturated carbocycles. The summed E-state index contributed by atoms with van der Waals surface area (Å²) >= 11 is 10.3. The van der Waals surface area contributed by atoms with Crippen LogP contribution in [0.25, 0.3) is 6.08 Å². The molecule has 1 aromatic heterocycles. The highest BCUT2D eigenvalue weighted by Gasteiger charge is 2.34. The molecule has 1 saturated heterocycles. The number of benzene rings is 1. The molecule has 2 aromatic rings. The van der Waals surface area contributed by atoms with Crippen LogP contribution in [-0.4, -0.2) is 21.5 Å². The van der Waals surface area contributed by atoms with Crippen molar-refractivity contribution in [1.29, 1.82) is 0 Å². The summed E-state index contributed by atoms with van der Waals surface area (Å²) in [6.07, 6.45) is 2.82. The van der Waals surface area contributed by atoms with E-state index in [2.05, 4.69) is 22.9 Å². The van der Waals surface area contributed by atoms with Crippen molar-refractivity contribution in [2.45, 2.75) is 27.2 Å². The fourth-order valence-electron chi connectivity index (χ4n) is 2.70. The zero-order valence-corrected chi connectivity index (χ0v) is 18.0. The predicted octanol–water partition coefficient (Wildman–Crippen LogP) is 5.19. The highest BCUT2D eigenvalue weighted by Crippen LogP contribution is 2.34. The molecular formula is C19H19BrN2O2S2. The molecule has 1 fully saturated rings. The number of hydrogen-bond acceptors (Lipinski definition) is 4. The number of ether oxygens (including phenoxy) is 1. The lowest BCUT2D eigenvalue weighted by Gasteiger charge is -2.20. The van der Waals surface area contributed by atoms with E-state index in [1.807, 2.05) is 54.9 Å². The summed E-state index contributed by atoms with van der Waals surface area (Å²) in [5.41, 5.74) is 2.86. The van der Waals surface area contributed by atoms with Gasteiger partial charge in [0.1, 0.15) is 5.75 Å². The molecule has 0 spiro atoms. The van der Waals surface area contributed by atoms with E-state index in [-0.39, 0.29) is 5.91 Å². The van der Waals surface area contributed by atoms with E-state index in [9.17, 15) is 4.79 Å². The summed E-state index contributed by atoms with van der Waals surface area (Å²) in [7, 11) is 0. The topological polar surface area (TPSA) is 34.5 Å². The smallest absolute Gasteiger partial charge is 0.285 e. The zero-order chi connectivity index (χ0) is 18.8. The Kier molecular flexibility index (Phi) is 5.89. The molecule has 136 valence electrons. The molecule has 0 N–H and O–H groups in total. The van der Waals surface area contributed by atoms with Crippen LogP contribution >= 0.6 is 39.9 Å². The molecular weight excluding hydrogens is 432 g/mol. The predicted molar refractivity (Wildman–Crippen MR) is 115 cm³/mol. The number of hydrogen-bond donors (Lipinski definition) is 0. The van der Waals surface area contributed by atoms with Gasteiger partial charge in [0.25, 0.3) is 5.91 Å². The first-order valence-corrected chi connectivity index (χ1v) is 10.3. The maximum Gasteiger partial charge on any atom is 0.285 e. The average Bonchev–Trinajstić information content (AvgIpc) is 3.06. The Morgan fingerprint density at radius 2 is 1.92 bits per heavy atom. The average molecular weight is 451 g/mol. The number of aromatic nitrogens is 1. The number of amides is 1. The minimum absolute atomic E-state index is 0.107. The molecule has 3 rings (SSSR count). The van der Waals surface area contributed by atoms with Gasteiger partial charge in [-0.25, -0.2) is 0 Å². The molecule has 7 heteroatoms. The first kappa shape index (κ1) is 19.2. The summed E-state index contributed by atoms with van der Waals surface area (Å²) in [6, 6.07) is 9.75. The lowest BCUT2D eigenvalue weighted by Crippen LogP contribution is -2.39. The number of carbonyl (C=O) groups excluding carboxylic acids is 1. The summed E-state index contributed by atoms with van der Waals surface area (Å²) in [6.45, 7) is 6.66. The number of nitrogens with zero attached hydrogens (tertiary/aromatic N) is 2. The van der Waals surface area contributed by atoms with Gasteiger partial charge in [-0.3, -0.25) is 9.47 Å². The van der Waals surface area contributed by atoms with Crippen LogP contribution in [0.15, 0.2) is 39.7 Å². The van der Waals surface area contributed by atoms with Crippen molar-refractivity contribution in [3.8, 4) is 5.75 Å². The number of halogens is 1. The van der Waals surface area contributed by atoms with Gasteiger partial charge in [0.05, 0.1) is 16.0 Å². The molecule has 4 nitrogen and oxygen atoms in total. The molecule has 0 bridgehead atoms. The second kappa shape index (κ2) is 7.98. The van der Waals surface area contributed by atoms with Gasteiger partial charge in [-0.15, -0.1) is 0 Å². The van der Waals surface area contributed by atoms with Gasteiger partial charge < -0.3 is 4.74 Å². The Morgan fingerprint density at radius 3 is 2.54 bits per heavy atom. The second-order valence-corrected chi connectivity index (χ2v) is 8.49. The van der Waals surface area contributed by atoms with E-state index < -0.39 is 0 Å². The maximum atomic E-state index is 12.9. The number of thiocarbonyl (C=S) groups is 1. The monoisotopic (exact) mass is 450 g/mol. The Bertz CT molecular complexity index is 885. The van der Waals surface area contributed by atoms with Crippen LogP contribution in [-0.2, 0) is 4.79 Å². The third kappa shape index (κ3) is 3.75. The van der Waals surface area contributed by atoms with E-state index in [0.717, 1.165) is 33.6 Å². The Hall–Kier alpha value is -1.57. The van der Waals surface area contributed by atoms with E-state index in [0.29, 0.717) is 15.8 Å². The van der Waals surface area contributed by atoms with Crippen LogP contribution in [0.5, 0.6) is 5.75 Å². The van der Waals surface area contributed by atoms with Gasteiger partial charge in [0, 0.05) is 11.4 Å². The van der Waals surface area contributed by atoms with Crippen molar-refractivity contribution >= 4 is 56.2 Å². The molecule has 0 aliphatic carbocycles. The van der Waals surface area contributed by atoms with Gasteiger partial charge in [0.15, 0.2) is 4.32 Å². The van der Waals surface area contributed by atoms with Crippen LogP contribution in [0.1, 0.15) is 30.3 Å². The molecule has 26 heavy (non-hydrogen) atoms. The minimum atomic E-state index is -0.107. The molecule has 0 atom stereocenters. The van der Waals surface area contributed by atoms with Crippen LogP contribution in [0.4, 0.5) is 0 Å². The molecule has 0 radical (unpaired) electrons. The first-order valence-electron chi connectivity index (χ1n) is 8.28. The molecule has 1 aliphatic rings. The molecule has 1 aliphatic heterocycles. The normalized spacial score (nSPS) is 16.0. The quantitative estimate of drug-likeness (QED) is 0.463. The van der Waals surface area contributed by atoms with Crippen molar-refractivity contribution in [3.05, 3.63) is 56.7 Å². The number of rotatable bonds is 5. The van der Waals surface area contributed by atoms with Crippen LogP contribution < -0.4 is 9.75 Å². The van der Waals surface area contributed by atoms with E-state index in [4.69, 9.17) is 17.0 Å². The SMILES string of the molecule is CCCOc1ccc(/C=C2\SC(=S)N(n3c(C)ccc3C)C2=O)cc1Br. The fourth-order valence-corrected chi connectivity index (χ4v) is 4.45. The third-order valence-corrected chi connectivity index (χ3v) is 5.83. The number of thioether (sulfide) groups is 1. The highest BCUT2D eigenvalue weighted by atomic mass is 79.9. The van der Waals surface area contributed by atoms with Crippen LogP contribution in [0.2, 0.25) is 0 Å². The largest absolute Gasteiger partial charge is 0.492 e. The van der Waals surface area contributed by atoms with Crippen molar-refractivity contribution in [3.63, 3.8) is 0 Å². The molecule has 1 amide bonds. The Labute approximate surface area is 171 Å². The van der Waals surface area contributed by atoms with Crippen molar-refractivity contribution in [2.24, 2.45) is 0 Å². The van der Waals surface area contributed by atoms with Crippen molar-refractivity contribution < 1.29 is 9.53 Å². The van der Waals surface area contributed by atoms with Crippen molar-refractivity contribution in [2.75, 3.05) is 11.6 Å².